The summed E-state index contributed by atoms with van der Waals surface area (Å²) < 4.78 is 10.5. The Morgan fingerprint density at radius 2 is 1.81 bits per heavy atom. The fraction of sp³-hybridized carbons (Fsp3) is 0.0833. The lowest BCUT2D eigenvalue weighted by molar-refractivity contribution is -0.118. The summed E-state index contributed by atoms with van der Waals surface area (Å²) in [6.45, 7) is -0.533. The quantitative estimate of drug-likeness (QED) is 0.451. The fourth-order valence-electron chi connectivity index (χ4n) is 3.04. The maximum Gasteiger partial charge on any atom is 0.339 e. The molecule has 3 aromatic rings. The van der Waals surface area contributed by atoms with Crippen molar-refractivity contribution in [3.63, 3.8) is 0 Å². The van der Waals surface area contributed by atoms with Crippen LogP contribution >= 0.6 is 11.8 Å². The summed E-state index contributed by atoms with van der Waals surface area (Å²) >= 11 is 1.28. The molecular formula is C24H16N2O5S. The lowest BCUT2D eigenvalue weighted by Gasteiger charge is -2.18. The van der Waals surface area contributed by atoms with Gasteiger partial charge in [0.25, 0.3) is 5.91 Å². The molecule has 0 spiro atoms. The molecule has 0 saturated carbocycles. The molecule has 0 aromatic heterocycles. The molecule has 0 bridgehead atoms. The lowest BCUT2D eigenvalue weighted by atomic mass is 10.1. The predicted molar refractivity (Wildman–Crippen MR) is 117 cm³/mol. The van der Waals surface area contributed by atoms with Crippen molar-refractivity contribution in [2.75, 3.05) is 18.5 Å². The molecule has 1 aliphatic heterocycles. The van der Waals surface area contributed by atoms with Crippen LogP contribution in [0.1, 0.15) is 26.3 Å². The summed E-state index contributed by atoms with van der Waals surface area (Å²) in [5.74, 6) is -0.895. The molecule has 4 rings (SSSR count). The maximum atomic E-state index is 12.7. The number of amides is 1. The molecule has 1 aliphatic rings. The third kappa shape index (κ3) is 4.63. The first-order valence-electron chi connectivity index (χ1n) is 9.58. The van der Waals surface area contributed by atoms with Gasteiger partial charge in [-0.3, -0.25) is 9.59 Å². The average molecular weight is 444 g/mol. The van der Waals surface area contributed by atoms with Gasteiger partial charge in [-0.05, 0) is 42.5 Å². The third-order valence-electron chi connectivity index (χ3n) is 4.60. The summed E-state index contributed by atoms with van der Waals surface area (Å²) in [7, 11) is 0. The van der Waals surface area contributed by atoms with Crippen LogP contribution in [0.25, 0.3) is 0 Å². The zero-order valence-corrected chi connectivity index (χ0v) is 17.5. The molecule has 0 fully saturated rings. The highest BCUT2D eigenvalue weighted by atomic mass is 32.2. The van der Waals surface area contributed by atoms with Gasteiger partial charge < -0.3 is 14.8 Å². The molecule has 158 valence electrons. The number of benzene rings is 3. The maximum absolute atomic E-state index is 12.7. The predicted octanol–water partition coefficient (Wildman–Crippen LogP) is 4.08. The van der Waals surface area contributed by atoms with Crippen LogP contribution < -0.4 is 10.1 Å². The number of ketones is 1. The van der Waals surface area contributed by atoms with E-state index in [1.165, 1.54) is 17.8 Å². The highest BCUT2D eigenvalue weighted by molar-refractivity contribution is 7.99. The number of nitrogens with one attached hydrogen (secondary N) is 1. The molecule has 0 aliphatic carbocycles. The molecule has 32 heavy (non-hydrogen) atoms. The van der Waals surface area contributed by atoms with Crippen LogP contribution in [-0.4, -0.2) is 30.9 Å². The van der Waals surface area contributed by atoms with E-state index in [2.05, 4.69) is 11.4 Å². The lowest BCUT2D eigenvalue weighted by Crippen LogP contribution is -2.25. The molecular weight excluding hydrogens is 428 g/mol. The van der Waals surface area contributed by atoms with E-state index in [4.69, 9.17) is 9.47 Å². The monoisotopic (exact) mass is 444 g/mol. The van der Waals surface area contributed by atoms with E-state index in [0.717, 1.165) is 0 Å². The first-order valence-corrected chi connectivity index (χ1v) is 10.4. The minimum absolute atomic E-state index is 0.0752. The Morgan fingerprint density at radius 3 is 2.62 bits per heavy atom. The zero-order chi connectivity index (χ0) is 22.5. The summed E-state index contributed by atoms with van der Waals surface area (Å²) in [6.07, 6.45) is 0. The third-order valence-corrected chi connectivity index (χ3v) is 5.75. The molecule has 0 saturated heterocycles. The van der Waals surface area contributed by atoms with E-state index >= 15 is 0 Å². The Kier molecular flexibility index (Phi) is 6.19. The number of hydrogen-bond acceptors (Lipinski definition) is 7. The summed E-state index contributed by atoms with van der Waals surface area (Å²) in [4.78, 5) is 38.0. The fourth-order valence-corrected chi connectivity index (χ4v) is 4.05. The Hall–Kier alpha value is -4.09. The van der Waals surface area contributed by atoms with E-state index in [1.807, 2.05) is 6.07 Å². The number of anilines is 1. The Balaban J connectivity index is 1.46. The molecule has 1 amide bonds. The van der Waals surface area contributed by atoms with Crippen molar-refractivity contribution < 1.29 is 23.9 Å². The number of Topliss-reactive ketones (excluding diaryl/α,β-unsaturated/α-hetero) is 1. The standard InChI is InChI=1S/C24H16N2O5S/c25-12-16-5-1-3-7-21(16)32-22-8-4-2-6-17(22)24(29)31-13-19(27)15-9-10-20-18(11-15)26-23(28)14-30-20/h1-11H,13-14H2,(H,26,28). The van der Waals surface area contributed by atoms with Crippen molar-refractivity contribution in [1.29, 1.82) is 5.26 Å². The van der Waals surface area contributed by atoms with E-state index < -0.39 is 18.4 Å². The second-order valence-electron chi connectivity index (χ2n) is 6.75. The van der Waals surface area contributed by atoms with E-state index in [1.54, 1.807) is 54.6 Å². The summed E-state index contributed by atoms with van der Waals surface area (Å²) in [5.41, 5.74) is 1.48. The van der Waals surface area contributed by atoms with Crippen LogP contribution in [0.3, 0.4) is 0 Å². The summed E-state index contributed by atoms with van der Waals surface area (Å²) in [6, 6.07) is 20.7. The Labute approximate surface area is 188 Å². The highest BCUT2D eigenvalue weighted by Crippen LogP contribution is 2.33. The Morgan fingerprint density at radius 1 is 1.06 bits per heavy atom. The van der Waals surface area contributed by atoms with Crippen molar-refractivity contribution in [3.8, 4) is 11.8 Å². The van der Waals surface area contributed by atoms with Crippen molar-refractivity contribution in [2.45, 2.75) is 9.79 Å². The number of nitriles is 1. The van der Waals surface area contributed by atoms with Crippen LogP contribution in [0.5, 0.6) is 5.75 Å². The molecule has 1 heterocycles. The van der Waals surface area contributed by atoms with Crippen LogP contribution in [0, 0.1) is 11.3 Å². The first-order chi connectivity index (χ1) is 15.5. The smallest absolute Gasteiger partial charge is 0.339 e. The van der Waals surface area contributed by atoms with Gasteiger partial charge in [-0.15, -0.1) is 0 Å². The molecule has 1 N–H and O–H groups in total. The van der Waals surface area contributed by atoms with Crippen LogP contribution in [0.4, 0.5) is 5.69 Å². The highest BCUT2D eigenvalue weighted by Gasteiger charge is 2.20. The van der Waals surface area contributed by atoms with Gasteiger partial charge >= 0.3 is 5.97 Å². The average Bonchev–Trinajstić information content (AvgIpc) is 2.82. The van der Waals surface area contributed by atoms with Gasteiger partial charge in [-0.2, -0.15) is 5.26 Å². The number of ether oxygens (including phenoxy) is 2. The Bertz CT molecular complexity index is 1270. The number of carbonyl (C=O) groups excluding carboxylic acids is 3. The molecule has 7 nitrogen and oxygen atoms in total. The van der Waals surface area contributed by atoms with Crippen molar-refractivity contribution in [3.05, 3.63) is 83.4 Å². The normalized spacial score (nSPS) is 12.0. The number of nitrogens with zero attached hydrogens (tertiary/aromatic N) is 1. The second kappa shape index (κ2) is 9.37. The zero-order valence-electron chi connectivity index (χ0n) is 16.7. The van der Waals surface area contributed by atoms with Gasteiger partial charge in [0, 0.05) is 15.4 Å². The van der Waals surface area contributed by atoms with Gasteiger partial charge in [-0.25, -0.2) is 4.79 Å². The van der Waals surface area contributed by atoms with E-state index in [9.17, 15) is 19.6 Å². The van der Waals surface area contributed by atoms with Crippen LogP contribution in [0.15, 0.2) is 76.5 Å². The number of fused-ring (bicyclic) bond motifs is 1. The van der Waals surface area contributed by atoms with Crippen molar-refractivity contribution in [2.24, 2.45) is 0 Å². The number of hydrogen-bond donors (Lipinski definition) is 1. The van der Waals surface area contributed by atoms with Crippen LogP contribution in [0.2, 0.25) is 0 Å². The topological polar surface area (TPSA) is 105 Å². The van der Waals surface area contributed by atoms with Gasteiger partial charge in [0.15, 0.2) is 19.0 Å². The SMILES string of the molecule is N#Cc1ccccc1Sc1ccccc1C(=O)OCC(=O)c1ccc2c(c1)NC(=O)CO2. The molecule has 0 unspecified atom stereocenters. The van der Waals surface area contributed by atoms with Gasteiger partial charge in [0.2, 0.25) is 0 Å². The van der Waals surface area contributed by atoms with Gasteiger partial charge in [0.05, 0.1) is 16.8 Å². The van der Waals surface area contributed by atoms with E-state index in [-0.39, 0.29) is 18.1 Å². The van der Waals surface area contributed by atoms with Crippen molar-refractivity contribution in [1.82, 2.24) is 0 Å². The van der Waals surface area contributed by atoms with Crippen LogP contribution in [-0.2, 0) is 9.53 Å². The van der Waals surface area contributed by atoms with Crippen molar-refractivity contribution >= 4 is 35.1 Å². The molecule has 8 heteroatoms. The number of rotatable bonds is 6. The molecule has 0 radical (unpaired) electrons. The largest absolute Gasteiger partial charge is 0.482 e. The minimum Gasteiger partial charge on any atom is -0.482 e. The number of esters is 1. The molecule has 3 aromatic carbocycles. The van der Waals surface area contributed by atoms with Gasteiger partial charge in [0.1, 0.15) is 11.8 Å². The minimum atomic E-state index is -0.648. The molecule has 0 atom stereocenters. The number of carbonyl (C=O) groups is 3. The van der Waals surface area contributed by atoms with E-state index in [0.29, 0.717) is 32.4 Å². The first kappa shape index (κ1) is 21.2. The van der Waals surface area contributed by atoms with Gasteiger partial charge in [-0.1, -0.05) is 36.0 Å². The second-order valence-corrected chi connectivity index (χ2v) is 7.84. The summed E-state index contributed by atoms with van der Waals surface area (Å²) in [5, 5.41) is 11.9.